The summed E-state index contributed by atoms with van der Waals surface area (Å²) in [7, 11) is 0. The number of furan rings is 1. The predicted octanol–water partition coefficient (Wildman–Crippen LogP) is 6.55. The van der Waals surface area contributed by atoms with Crippen molar-refractivity contribution in [1.29, 1.82) is 0 Å². The molecule has 0 radical (unpaired) electrons. The number of aromatic nitrogens is 2. The fourth-order valence-corrected chi connectivity index (χ4v) is 3.97. The van der Waals surface area contributed by atoms with E-state index in [0.29, 0.717) is 38.4 Å². The zero-order valence-corrected chi connectivity index (χ0v) is 18.8. The molecule has 0 saturated heterocycles. The molecule has 7 heteroatoms. The van der Waals surface area contributed by atoms with Gasteiger partial charge in [-0.3, -0.25) is 4.79 Å². The number of hydrogen-bond donors (Lipinski definition) is 1. The van der Waals surface area contributed by atoms with Gasteiger partial charge in [0.25, 0.3) is 5.91 Å². The molecular weight excluding hydrogens is 433 g/mol. The largest absolute Gasteiger partial charge is 0.460 e. The summed E-state index contributed by atoms with van der Waals surface area (Å²) in [5, 5.41) is 8.58. The summed E-state index contributed by atoms with van der Waals surface area (Å²) >= 11 is 12.5. The fourth-order valence-electron chi connectivity index (χ4n) is 3.48. The highest BCUT2D eigenvalue weighted by Gasteiger charge is 2.25. The topological polar surface area (TPSA) is 60.1 Å². The summed E-state index contributed by atoms with van der Waals surface area (Å²) in [6.07, 6.45) is 0. The molecule has 1 unspecified atom stereocenters. The Morgan fingerprint density at radius 1 is 1.06 bits per heavy atom. The van der Waals surface area contributed by atoms with Gasteiger partial charge in [0.1, 0.15) is 11.5 Å². The summed E-state index contributed by atoms with van der Waals surface area (Å²) < 4.78 is 7.49. The van der Waals surface area contributed by atoms with Gasteiger partial charge in [0.05, 0.1) is 16.8 Å². The van der Waals surface area contributed by atoms with Crippen LogP contribution in [0.4, 0.5) is 0 Å². The molecule has 2 aromatic heterocycles. The fraction of sp³-hybridized carbons (Fsp3) is 0.167. The van der Waals surface area contributed by atoms with Gasteiger partial charge in [0.15, 0.2) is 11.5 Å². The number of rotatable bonds is 5. The Kier molecular flexibility index (Phi) is 5.90. The summed E-state index contributed by atoms with van der Waals surface area (Å²) in [6, 6.07) is 18.5. The van der Waals surface area contributed by atoms with E-state index in [0.717, 1.165) is 11.3 Å². The Balaban J connectivity index is 1.79. The van der Waals surface area contributed by atoms with Gasteiger partial charge in [0.2, 0.25) is 0 Å². The normalized spacial score (nSPS) is 12.0. The van der Waals surface area contributed by atoms with Crippen LogP contribution in [0.15, 0.2) is 65.1 Å². The van der Waals surface area contributed by atoms with Crippen LogP contribution in [-0.4, -0.2) is 15.7 Å². The number of carbonyl (C=O) groups is 1. The van der Waals surface area contributed by atoms with Crippen LogP contribution in [0.2, 0.25) is 10.0 Å². The third kappa shape index (κ3) is 4.24. The van der Waals surface area contributed by atoms with Crippen molar-refractivity contribution in [3.8, 4) is 17.1 Å². The van der Waals surface area contributed by atoms with Gasteiger partial charge in [-0.15, -0.1) is 0 Å². The molecule has 1 N–H and O–H groups in total. The highest BCUT2D eigenvalue weighted by atomic mass is 35.5. The number of amides is 1. The van der Waals surface area contributed by atoms with Gasteiger partial charge >= 0.3 is 0 Å². The van der Waals surface area contributed by atoms with Crippen molar-refractivity contribution in [3.05, 3.63) is 93.3 Å². The zero-order valence-electron chi connectivity index (χ0n) is 17.3. The van der Waals surface area contributed by atoms with E-state index in [-0.39, 0.29) is 11.9 Å². The molecule has 2 aromatic carbocycles. The minimum absolute atomic E-state index is 0.174. The molecule has 0 fully saturated rings. The van der Waals surface area contributed by atoms with Gasteiger partial charge in [0, 0.05) is 10.6 Å². The molecule has 31 heavy (non-hydrogen) atoms. The van der Waals surface area contributed by atoms with Crippen molar-refractivity contribution in [1.82, 2.24) is 15.1 Å². The first kappa shape index (κ1) is 21.2. The number of carbonyl (C=O) groups excluding carboxylic acids is 1. The first-order valence-electron chi connectivity index (χ1n) is 9.83. The maximum atomic E-state index is 13.2. The molecule has 5 nitrogen and oxygen atoms in total. The van der Waals surface area contributed by atoms with Crippen molar-refractivity contribution in [3.63, 3.8) is 0 Å². The summed E-state index contributed by atoms with van der Waals surface area (Å²) in [4.78, 5) is 13.2. The molecule has 1 amide bonds. The van der Waals surface area contributed by atoms with E-state index in [2.05, 4.69) is 10.4 Å². The van der Waals surface area contributed by atoms with Crippen LogP contribution in [0.1, 0.15) is 40.3 Å². The summed E-state index contributed by atoms with van der Waals surface area (Å²) in [5.41, 5.74) is 3.27. The number of halogens is 2. The van der Waals surface area contributed by atoms with Crippen LogP contribution in [0.5, 0.6) is 0 Å². The zero-order chi connectivity index (χ0) is 22.1. The minimum atomic E-state index is -0.276. The van der Waals surface area contributed by atoms with Gasteiger partial charge in [-0.05, 0) is 56.7 Å². The van der Waals surface area contributed by atoms with Crippen LogP contribution in [0, 0.1) is 13.8 Å². The van der Waals surface area contributed by atoms with Gasteiger partial charge in [-0.2, -0.15) is 5.10 Å². The van der Waals surface area contributed by atoms with Crippen LogP contribution in [-0.2, 0) is 0 Å². The van der Waals surface area contributed by atoms with Gasteiger partial charge in [-0.25, -0.2) is 4.68 Å². The van der Waals surface area contributed by atoms with E-state index in [1.54, 1.807) is 22.9 Å². The molecule has 1 atom stereocenters. The van der Waals surface area contributed by atoms with Gasteiger partial charge < -0.3 is 9.73 Å². The average Bonchev–Trinajstić information content (AvgIpc) is 3.31. The average molecular weight is 454 g/mol. The molecule has 4 rings (SSSR count). The first-order valence-corrected chi connectivity index (χ1v) is 10.6. The summed E-state index contributed by atoms with van der Waals surface area (Å²) in [6.45, 7) is 5.65. The molecule has 0 spiro atoms. The lowest BCUT2D eigenvalue weighted by atomic mass is 10.1. The lowest BCUT2D eigenvalue weighted by Gasteiger charge is -2.13. The minimum Gasteiger partial charge on any atom is -0.460 e. The van der Waals surface area contributed by atoms with Crippen LogP contribution in [0.25, 0.3) is 17.1 Å². The van der Waals surface area contributed by atoms with Crippen molar-refractivity contribution < 1.29 is 9.21 Å². The van der Waals surface area contributed by atoms with E-state index in [9.17, 15) is 4.79 Å². The van der Waals surface area contributed by atoms with E-state index >= 15 is 0 Å². The SMILES string of the molecule is Cc1ccc(-c2c(C)c(C(=O)NC(C)c3ccccc3)nn2-c2ccc(Cl)cc2Cl)o1. The standard InChI is InChI=1S/C24H21Cl2N3O2/c1-14-9-12-21(31-14)23-15(2)22(24(30)27-16(3)17-7-5-4-6-8-17)28-29(23)20-11-10-18(25)13-19(20)26/h4-13,16H,1-3H3,(H,27,30). The number of nitrogens with zero attached hydrogens (tertiary/aromatic N) is 2. The Morgan fingerprint density at radius 3 is 2.45 bits per heavy atom. The maximum Gasteiger partial charge on any atom is 0.272 e. The van der Waals surface area contributed by atoms with Crippen molar-refractivity contribution in [2.45, 2.75) is 26.8 Å². The van der Waals surface area contributed by atoms with Crippen molar-refractivity contribution >= 4 is 29.1 Å². The molecule has 4 aromatic rings. The smallest absolute Gasteiger partial charge is 0.272 e. The predicted molar refractivity (Wildman–Crippen MR) is 123 cm³/mol. The molecule has 158 valence electrons. The van der Waals surface area contributed by atoms with Crippen molar-refractivity contribution in [2.24, 2.45) is 0 Å². The lowest BCUT2D eigenvalue weighted by molar-refractivity contribution is 0.0934. The number of aryl methyl sites for hydroxylation is 1. The highest BCUT2D eigenvalue weighted by molar-refractivity contribution is 6.35. The quantitative estimate of drug-likeness (QED) is 0.372. The third-order valence-corrected chi connectivity index (χ3v) is 5.63. The molecule has 0 bridgehead atoms. The second-order valence-electron chi connectivity index (χ2n) is 7.35. The van der Waals surface area contributed by atoms with E-state index < -0.39 is 0 Å². The van der Waals surface area contributed by atoms with Crippen LogP contribution >= 0.6 is 23.2 Å². The Bertz CT molecular complexity index is 1250. The van der Waals surface area contributed by atoms with Crippen LogP contribution in [0.3, 0.4) is 0 Å². The number of nitrogens with one attached hydrogen (secondary N) is 1. The third-order valence-electron chi connectivity index (χ3n) is 5.10. The van der Waals surface area contributed by atoms with E-state index in [1.165, 1.54) is 0 Å². The highest BCUT2D eigenvalue weighted by Crippen LogP contribution is 2.33. The Labute approximate surface area is 190 Å². The Morgan fingerprint density at radius 2 is 1.81 bits per heavy atom. The molecule has 0 aliphatic heterocycles. The van der Waals surface area contributed by atoms with Crippen LogP contribution < -0.4 is 5.32 Å². The number of hydrogen-bond acceptors (Lipinski definition) is 3. The second-order valence-corrected chi connectivity index (χ2v) is 8.19. The van der Waals surface area contributed by atoms with Crippen molar-refractivity contribution in [2.75, 3.05) is 0 Å². The Hall–Kier alpha value is -3.02. The lowest BCUT2D eigenvalue weighted by Crippen LogP contribution is -2.27. The second kappa shape index (κ2) is 8.61. The molecule has 0 saturated carbocycles. The van der Waals surface area contributed by atoms with E-state index in [1.807, 2.05) is 63.2 Å². The molecule has 0 aliphatic rings. The summed E-state index contributed by atoms with van der Waals surface area (Å²) in [5.74, 6) is 1.08. The number of benzene rings is 2. The first-order chi connectivity index (χ1) is 14.8. The molecule has 2 heterocycles. The van der Waals surface area contributed by atoms with E-state index in [4.69, 9.17) is 27.6 Å². The molecule has 0 aliphatic carbocycles. The molecular formula is C24H21Cl2N3O2. The van der Waals surface area contributed by atoms with Gasteiger partial charge in [-0.1, -0.05) is 53.5 Å². The monoisotopic (exact) mass is 453 g/mol. The maximum absolute atomic E-state index is 13.2.